The van der Waals surface area contributed by atoms with Crippen molar-refractivity contribution in [2.75, 3.05) is 6.61 Å². The number of aryl methyl sites for hydroxylation is 2. The summed E-state index contributed by atoms with van der Waals surface area (Å²) in [6.07, 6.45) is 0.615. The lowest BCUT2D eigenvalue weighted by atomic mass is 10.1. The first-order valence-electron chi connectivity index (χ1n) is 10.8. The quantitative estimate of drug-likeness (QED) is 0.473. The minimum Gasteiger partial charge on any atom is -0.461 e. The van der Waals surface area contributed by atoms with Gasteiger partial charge in [-0.2, -0.15) is 4.31 Å². The third kappa shape index (κ3) is 4.95. The number of nitrogens with one attached hydrogen (secondary N) is 1. The van der Waals surface area contributed by atoms with Crippen LogP contribution in [0.2, 0.25) is 0 Å². The Bertz CT molecular complexity index is 1180. The van der Waals surface area contributed by atoms with Crippen molar-refractivity contribution in [1.29, 1.82) is 0 Å². The SMILES string of the molecule is CCOC(=O)c1[nH]c(C)c(CN(Cc2ccccc2)S(=O)(=O)c2ccccc2CC)c1C. The van der Waals surface area contributed by atoms with E-state index in [0.717, 1.165) is 22.4 Å². The average molecular weight is 455 g/mol. The molecule has 1 N–H and O–H groups in total. The van der Waals surface area contributed by atoms with Gasteiger partial charge in [0.05, 0.1) is 11.5 Å². The molecule has 32 heavy (non-hydrogen) atoms. The number of hydrogen-bond acceptors (Lipinski definition) is 4. The highest BCUT2D eigenvalue weighted by Gasteiger charge is 2.29. The lowest BCUT2D eigenvalue weighted by Crippen LogP contribution is -2.31. The first kappa shape index (κ1) is 23.8. The number of carbonyl (C=O) groups excluding carboxylic acids is 1. The molecule has 0 radical (unpaired) electrons. The fourth-order valence-corrected chi connectivity index (χ4v) is 5.50. The summed E-state index contributed by atoms with van der Waals surface area (Å²) >= 11 is 0. The van der Waals surface area contributed by atoms with E-state index in [1.165, 1.54) is 4.31 Å². The molecule has 0 saturated heterocycles. The first-order valence-corrected chi connectivity index (χ1v) is 12.2. The monoisotopic (exact) mass is 454 g/mol. The lowest BCUT2D eigenvalue weighted by molar-refractivity contribution is 0.0519. The van der Waals surface area contributed by atoms with Gasteiger partial charge in [-0.3, -0.25) is 0 Å². The van der Waals surface area contributed by atoms with Crippen LogP contribution in [-0.2, 0) is 34.3 Å². The number of aromatic amines is 1. The van der Waals surface area contributed by atoms with Crippen LogP contribution in [0.3, 0.4) is 0 Å². The molecule has 0 atom stereocenters. The van der Waals surface area contributed by atoms with Crippen LogP contribution in [0.15, 0.2) is 59.5 Å². The molecule has 0 amide bonds. The summed E-state index contributed by atoms with van der Waals surface area (Å²) in [6, 6.07) is 16.6. The van der Waals surface area contributed by atoms with Crippen molar-refractivity contribution in [2.45, 2.75) is 52.1 Å². The molecule has 0 fully saturated rings. The van der Waals surface area contributed by atoms with E-state index in [1.54, 1.807) is 19.1 Å². The summed E-state index contributed by atoms with van der Waals surface area (Å²) in [6.45, 7) is 8.00. The molecule has 3 aromatic rings. The number of nitrogens with zero attached hydrogens (tertiary/aromatic N) is 1. The number of sulfonamides is 1. The van der Waals surface area contributed by atoms with E-state index in [-0.39, 0.29) is 19.7 Å². The van der Waals surface area contributed by atoms with Gasteiger partial charge in [-0.15, -0.1) is 0 Å². The third-order valence-corrected chi connectivity index (χ3v) is 7.47. The number of H-pyrrole nitrogens is 1. The Kier molecular flexibility index (Phi) is 7.53. The van der Waals surface area contributed by atoms with E-state index in [0.29, 0.717) is 22.6 Å². The number of esters is 1. The van der Waals surface area contributed by atoms with Crippen LogP contribution in [0.25, 0.3) is 0 Å². The van der Waals surface area contributed by atoms with Gasteiger partial charge in [-0.1, -0.05) is 55.5 Å². The Morgan fingerprint density at radius 1 is 0.969 bits per heavy atom. The highest BCUT2D eigenvalue weighted by molar-refractivity contribution is 7.89. The van der Waals surface area contributed by atoms with E-state index in [1.807, 2.05) is 63.2 Å². The maximum atomic E-state index is 13.8. The second kappa shape index (κ2) is 10.1. The molecule has 7 heteroatoms. The van der Waals surface area contributed by atoms with Gasteiger partial charge in [-0.05, 0) is 55.5 Å². The normalized spacial score (nSPS) is 11.7. The van der Waals surface area contributed by atoms with Gasteiger partial charge in [-0.25, -0.2) is 13.2 Å². The minimum absolute atomic E-state index is 0.142. The number of aromatic nitrogens is 1. The van der Waals surface area contributed by atoms with Gasteiger partial charge in [0.2, 0.25) is 10.0 Å². The molecular formula is C25H30N2O4S. The Labute approximate surface area is 190 Å². The molecule has 0 aliphatic carbocycles. The fourth-order valence-electron chi connectivity index (χ4n) is 3.81. The van der Waals surface area contributed by atoms with Crippen LogP contribution < -0.4 is 0 Å². The maximum absolute atomic E-state index is 13.8. The molecule has 6 nitrogen and oxygen atoms in total. The molecule has 2 aromatic carbocycles. The average Bonchev–Trinajstić information content (AvgIpc) is 3.07. The Morgan fingerprint density at radius 3 is 2.28 bits per heavy atom. The lowest BCUT2D eigenvalue weighted by Gasteiger charge is -2.24. The predicted octanol–water partition coefficient (Wildman–Crippen LogP) is 4.76. The molecule has 170 valence electrons. The van der Waals surface area contributed by atoms with Crippen molar-refractivity contribution in [1.82, 2.24) is 9.29 Å². The molecule has 0 unspecified atom stereocenters. The van der Waals surface area contributed by atoms with Crippen molar-refractivity contribution in [2.24, 2.45) is 0 Å². The number of ether oxygens (including phenoxy) is 1. The highest BCUT2D eigenvalue weighted by Crippen LogP contribution is 2.27. The summed E-state index contributed by atoms with van der Waals surface area (Å²) in [5.41, 5.74) is 4.27. The van der Waals surface area contributed by atoms with E-state index < -0.39 is 16.0 Å². The van der Waals surface area contributed by atoms with E-state index in [9.17, 15) is 13.2 Å². The standard InChI is InChI=1S/C25H30N2O4S/c1-5-21-14-10-11-15-23(21)32(29,30)27(16-20-12-8-7-9-13-20)17-22-18(3)24(26-19(22)4)25(28)31-6-2/h7-15,26H,5-6,16-17H2,1-4H3. The number of benzene rings is 2. The van der Waals surface area contributed by atoms with E-state index >= 15 is 0 Å². The molecule has 3 rings (SSSR count). The zero-order valence-electron chi connectivity index (χ0n) is 19.0. The second-order valence-corrected chi connectivity index (χ2v) is 9.58. The number of hydrogen-bond donors (Lipinski definition) is 1. The predicted molar refractivity (Wildman–Crippen MR) is 125 cm³/mol. The fraction of sp³-hybridized carbons (Fsp3) is 0.320. The first-order chi connectivity index (χ1) is 15.3. The molecule has 1 aromatic heterocycles. The zero-order valence-corrected chi connectivity index (χ0v) is 19.8. The smallest absolute Gasteiger partial charge is 0.355 e. The van der Waals surface area contributed by atoms with Crippen LogP contribution >= 0.6 is 0 Å². The molecule has 0 bridgehead atoms. The molecule has 0 aliphatic heterocycles. The van der Waals surface area contributed by atoms with Gasteiger partial charge in [0.25, 0.3) is 0 Å². The Hall–Kier alpha value is -2.90. The van der Waals surface area contributed by atoms with Gasteiger partial charge >= 0.3 is 5.97 Å². The van der Waals surface area contributed by atoms with Gasteiger partial charge < -0.3 is 9.72 Å². The van der Waals surface area contributed by atoms with Crippen molar-refractivity contribution >= 4 is 16.0 Å². The highest BCUT2D eigenvalue weighted by atomic mass is 32.2. The maximum Gasteiger partial charge on any atom is 0.355 e. The molecule has 1 heterocycles. The number of rotatable bonds is 9. The van der Waals surface area contributed by atoms with E-state index in [2.05, 4.69) is 4.98 Å². The van der Waals surface area contributed by atoms with Crippen LogP contribution in [0.5, 0.6) is 0 Å². The van der Waals surface area contributed by atoms with Crippen molar-refractivity contribution < 1.29 is 17.9 Å². The van der Waals surface area contributed by atoms with Crippen LogP contribution in [0, 0.1) is 13.8 Å². The molecular weight excluding hydrogens is 424 g/mol. The Morgan fingerprint density at radius 2 is 1.62 bits per heavy atom. The van der Waals surface area contributed by atoms with Crippen molar-refractivity contribution in [3.05, 3.63) is 88.2 Å². The second-order valence-electron chi connectivity index (χ2n) is 7.67. The van der Waals surface area contributed by atoms with Crippen LogP contribution in [-0.4, -0.2) is 30.3 Å². The van der Waals surface area contributed by atoms with Crippen LogP contribution in [0.4, 0.5) is 0 Å². The van der Waals surface area contributed by atoms with Gasteiger partial charge in [0.15, 0.2) is 0 Å². The van der Waals surface area contributed by atoms with E-state index in [4.69, 9.17) is 4.74 Å². The molecule has 0 aliphatic rings. The summed E-state index contributed by atoms with van der Waals surface area (Å²) in [7, 11) is -3.79. The zero-order chi connectivity index (χ0) is 23.3. The topological polar surface area (TPSA) is 79.5 Å². The van der Waals surface area contributed by atoms with Crippen molar-refractivity contribution in [3.8, 4) is 0 Å². The minimum atomic E-state index is -3.79. The molecule has 0 spiro atoms. The van der Waals surface area contributed by atoms with Gasteiger partial charge in [0.1, 0.15) is 5.69 Å². The summed E-state index contributed by atoms with van der Waals surface area (Å²) in [5, 5.41) is 0. The van der Waals surface area contributed by atoms with Crippen molar-refractivity contribution in [3.63, 3.8) is 0 Å². The largest absolute Gasteiger partial charge is 0.461 e. The summed E-state index contributed by atoms with van der Waals surface area (Å²) in [4.78, 5) is 15.7. The number of carbonyl (C=O) groups is 1. The van der Waals surface area contributed by atoms with Gasteiger partial charge in [0, 0.05) is 18.8 Å². The summed E-state index contributed by atoms with van der Waals surface area (Å²) < 4.78 is 34.2. The van der Waals surface area contributed by atoms with Crippen LogP contribution in [0.1, 0.15) is 52.3 Å². The molecule has 0 saturated carbocycles. The third-order valence-electron chi connectivity index (χ3n) is 5.58. The Balaban J connectivity index is 2.06. The summed E-state index contributed by atoms with van der Waals surface area (Å²) in [5.74, 6) is -0.437.